The molecule has 5 nitrogen and oxygen atoms in total. The number of aromatic nitrogens is 1. The number of carbonyl (C=O) groups is 2. The molecule has 0 unspecified atom stereocenters. The first-order valence-electron chi connectivity index (χ1n) is 6.17. The molecule has 0 saturated carbocycles. The summed E-state index contributed by atoms with van der Waals surface area (Å²) in [6.45, 7) is 3.47. The first-order chi connectivity index (χ1) is 9.88. The van der Waals surface area contributed by atoms with Gasteiger partial charge in [-0.05, 0) is 44.2 Å². The quantitative estimate of drug-likeness (QED) is 0.910. The Labute approximate surface area is 120 Å². The molecule has 1 heterocycles. The average molecular weight is 288 g/mol. The number of pyridine rings is 1. The van der Waals surface area contributed by atoms with Crippen molar-refractivity contribution in [2.24, 2.45) is 0 Å². The van der Waals surface area contributed by atoms with Crippen LogP contribution >= 0.6 is 0 Å². The van der Waals surface area contributed by atoms with Crippen molar-refractivity contribution < 1.29 is 19.1 Å². The minimum Gasteiger partial charge on any atom is -0.478 e. The van der Waals surface area contributed by atoms with Crippen LogP contribution in [0.4, 0.5) is 10.1 Å². The lowest BCUT2D eigenvalue weighted by Gasteiger charge is -2.10. The van der Waals surface area contributed by atoms with Crippen molar-refractivity contribution >= 4 is 17.6 Å². The van der Waals surface area contributed by atoms with E-state index < -0.39 is 17.7 Å². The van der Waals surface area contributed by atoms with E-state index in [4.69, 9.17) is 5.11 Å². The van der Waals surface area contributed by atoms with Gasteiger partial charge in [0.1, 0.15) is 5.82 Å². The molecule has 1 amide bonds. The maximum atomic E-state index is 13.2. The number of aryl methyl sites for hydroxylation is 2. The molecule has 0 aliphatic heterocycles. The Balaban J connectivity index is 2.35. The van der Waals surface area contributed by atoms with Crippen molar-refractivity contribution in [2.45, 2.75) is 13.8 Å². The van der Waals surface area contributed by atoms with Crippen LogP contribution in [0.1, 0.15) is 32.1 Å². The van der Waals surface area contributed by atoms with Crippen molar-refractivity contribution in [1.29, 1.82) is 0 Å². The largest absolute Gasteiger partial charge is 0.478 e. The summed E-state index contributed by atoms with van der Waals surface area (Å²) in [6.07, 6.45) is 0. The van der Waals surface area contributed by atoms with Crippen LogP contribution in [0.2, 0.25) is 0 Å². The zero-order valence-corrected chi connectivity index (χ0v) is 11.5. The molecular weight excluding hydrogens is 275 g/mol. The van der Waals surface area contributed by atoms with E-state index in [1.807, 2.05) is 0 Å². The van der Waals surface area contributed by atoms with Gasteiger partial charge in [-0.3, -0.25) is 9.78 Å². The zero-order valence-electron chi connectivity index (χ0n) is 11.5. The highest BCUT2D eigenvalue weighted by Crippen LogP contribution is 2.19. The Morgan fingerprint density at radius 1 is 1.14 bits per heavy atom. The molecule has 0 spiro atoms. The molecule has 0 radical (unpaired) electrons. The SMILES string of the molecule is Cc1ccc(C(=O)Nc2cc(F)ccc2C(=O)O)c(C)n1. The number of amides is 1. The zero-order chi connectivity index (χ0) is 15.6. The first kappa shape index (κ1) is 14.6. The van der Waals surface area contributed by atoms with Gasteiger partial charge in [0.05, 0.1) is 22.5 Å². The van der Waals surface area contributed by atoms with Gasteiger partial charge in [-0.25, -0.2) is 9.18 Å². The van der Waals surface area contributed by atoms with Crippen LogP contribution in [-0.2, 0) is 0 Å². The molecule has 21 heavy (non-hydrogen) atoms. The van der Waals surface area contributed by atoms with Crippen molar-refractivity contribution in [2.75, 3.05) is 5.32 Å². The van der Waals surface area contributed by atoms with Crippen LogP contribution in [0.3, 0.4) is 0 Å². The molecule has 0 atom stereocenters. The van der Waals surface area contributed by atoms with Crippen molar-refractivity contribution in [3.8, 4) is 0 Å². The summed E-state index contributed by atoms with van der Waals surface area (Å²) in [6, 6.07) is 6.36. The van der Waals surface area contributed by atoms with E-state index >= 15 is 0 Å². The fraction of sp³-hybridized carbons (Fsp3) is 0.133. The number of hydrogen-bond donors (Lipinski definition) is 2. The molecule has 0 bridgehead atoms. The van der Waals surface area contributed by atoms with E-state index in [0.29, 0.717) is 11.3 Å². The minimum absolute atomic E-state index is 0.0903. The lowest BCUT2D eigenvalue weighted by atomic mass is 10.1. The molecule has 6 heteroatoms. The van der Waals surface area contributed by atoms with Gasteiger partial charge in [0.15, 0.2) is 0 Å². The summed E-state index contributed by atoms with van der Waals surface area (Å²) in [5.74, 6) is -2.41. The third-order valence-corrected chi connectivity index (χ3v) is 2.93. The smallest absolute Gasteiger partial charge is 0.337 e. The van der Waals surface area contributed by atoms with Crippen molar-refractivity contribution in [1.82, 2.24) is 4.98 Å². The number of rotatable bonds is 3. The molecule has 2 aromatic rings. The average Bonchev–Trinajstić information content (AvgIpc) is 2.37. The molecular formula is C15H13FN2O3. The van der Waals surface area contributed by atoms with E-state index in [9.17, 15) is 14.0 Å². The number of nitrogens with one attached hydrogen (secondary N) is 1. The monoisotopic (exact) mass is 288 g/mol. The number of carboxylic acids is 1. The van der Waals surface area contributed by atoms with E-state index in [0.717, 1.165) is 23.9 Å². The summed E-state index contributed by atoms with van der Waals surface area (Å²) in [4.78, 5) is 27.4. The summed E-state index contributed by atoms with van der Waals surface area (Å²) in [5.41, 5.74) is 1.32. The van der Waals surface area contributed by atoms with Gasteiger partial charge in [0, 0.05) is 5.69 Å². The first-order valence-corrected chi connectivity index (χ1v) is 6.17. The second-order valence-corrected chi connectivity index (χ2v) is 4.53. The van der Waals surface area contributed by atoms with Crippen LogP contribution in [0.5, 0.6) is 0 Å². The maximum Gasteiger partial charge on any atom is 0.337 e. The summed E-state index contributed by atoms with van der Waals surface area (Å²) >= 11 is 0. The van der Waals surface area contributed by atoms with E-state index in [2.05, 4.69) is 10.3 Å². The van der Waals surface area contributed by atoms with E-state index in [1.165, 1.54) is 0 Å². The molecule has 0 aliphatic carbocycles. The highest BCUT2D eigenvalue weighted by atomic mass is 19.1. The van der Waals surface area contributed by atoms with Crippen LogP contribution < -0.4 is 5.32 Å². The fourth-order valence-electron chi connectivity index (χ4n) is 1.92. The Morgan fingerprint density at radius 3 is 2.43 bits per heavy atom. The molecule has 0 aliphatic rings. The molecule has 0 saturated heterocycles. The Hall–Kier alpha value is -2.76. The second kappa shape index (κ2) is 5.70. The number of halogens is 1. The lowest BCUT2D eigenvalue weighted by molar-refractivity contribution is 0.0698. The predicted octanol–water partition coefficient (Wildman–Crippen LogP) is 2.79. The number of aromatic carboxylic acids is 1. The standard InChI is InChI=1S/C15H13FN2O3/c1-8-3-5-11(9(2)17-8)14(19)18-13-7-10(16)4-6-12(13)15(20)21/h3-7H,1-2H3,(H,18,19)(H,20,21). The third-order valence-electron chi connectivity index (χ3n) is 2.93. The highest BCUT2D eigenvalue weighted by Gasteiger charge is 2.16. The number of anilines is 1. The molecule has 108 valence electrons. The van der Waals surface area contributed by atoms with Crippen LogP contribution in [0, 0.1) is 19.7 Å². The van der Waals surface area contributed by atoms with Gasteiger partial charge < -0.3 is 10.4 Å². The number of nitrogens with zero attached hydrogens (tertiary/aromatic N) is 1. The van der Waals surface area contributed by atoms with Gasteiger partial charge in [-0.1, -0.05) is 0 Å². The van der Waals surface area contributed by atoms with Crippen LogP contribution in [0.25, 0.3) is 0 Å². The van der Waals surface area contributed by atoms with Crippen molar-refractivity contribution in [3.05, 3.63) is 58.7 Å². The summed E-state index contributed by atoms with van der Waals surface area (Å²) in [5, 5.41) is 11.5. The van der Waals surface area contributed by atoms with Gasteiger partial charge in [-0.2, -0.15) is 0 Å². The molecule has 2 rings (SSSR count). The Kier molecular flexibility index (Phi) is 3.98. The van der Waals surface area contributed by atoms with Gasteiger partial charge in [0.2, 0.25) is 0 Å². The Morgan fingerprint density at radius 2 is 1.81 bits per heavy atom. The normalized spacial score (nSPS) is 10.2. The van der Waals surface area contributed by atoms with Crippen molar-refractivity contribution in [3.63, 3.8) is 0 Å². The Bertz CT molecular complexity index is 729. The predicted molar refractivity (Wildman–Crippen MR) is 75.0 cm³/mol. The van der Waals surface area contributed by atoms with Gasteiger partial charge >= 0.3 is 5.97 Å². The second-order valence-electron chi connectivity index (χ2n) is 4.53. The number of benzene rings is 1. The minimum atomic E-state index is -1.25. The van der Waals surface area contributed by atoms with E-state index in [-0.39, 0.29) is 11.3 Å². The summed E-state index contributed by atoms with van der Waals surface area (Å²) < 4.78 is 13.2. The fourth-order valence-corrected chi connectivity index (χ4v) is 1.92. The molecule has 1 aromatic heterocycles. The summed E-state index contributed by atoms with van der Waals surface area (Å²) in [7, 11) is 0. The van der Waals surface area contributed by atoms with E-state index in [1.54, 1.807) is 26.0 Å². The molecule has 2 N–H and O–H groups in total. The highest BCUT2D eigenvalue weighted by molar-refractivity contribution is 6.08. The van der Waals surface area contributed by atoms with Gasteiger partial charge in [-0.15, -0.1) is 0 Å². The number of hydrogen-bond acceptors (Lipinski definition) is 3. The third kappa shape index (κ3) is 3.22. The van der Waals surface area contributed by atoms with Gasteiger partial charge in [0.25, 0.3) is 5.91 Å². The lowest BCUT2D eigenvalue weighted by Crippen LogP contribution is -2.16. The topological polar surface area (TPSA) is 79.3 Å². The number of carboxylic acid groups (broad SMARTS) is 1. The number of carbonyl (C=O) groups excluding carboxylic acids is 1. The molecule has 1 aromatic carbocycles. The molecule has 0 fully saturated rings. The maximum absolute atomic E-state index is 13.2. The van der Waals surface area contributed by atoms with Crippen LogP contribution in [0.15, 0.2) is 30.3 Å². The van der Waals surface area contributed by atoms with Crippen LogP contribution in [-0.4, -0.2) is 22.0 Å².